The van der Waals surface area contributed by atoms with Crippen molar-refractivity contribution in [2.24, 2.45) is 0 Å². The van der Waals surface area contributed by atoms with Gasteiger partial charge in [0, 0.05) is 0 Å². The van der Waals surface area contributed by atoms with Gasteiger partial charge in [0.1, 0.15) is 4.88 Å². The Morgan fingerprint density at radius 1 is 1.28 bits per heavy atom. The molecule has 0 unspecified atom stereocenters. The number of nitrogens with one attached hydrogen (secondary N) is 1. The van der Waals surface area contributed by atoms with E-state index in [1.54, 1.807) is 0 Å². The van der Waals surface area contributed by atoms with E-state index in [-0.39, 0.29) is 0 Å². The van der Waals surface area contributed by atoms with E-state index in [4.69, 9.17) is 0 Å². The van der Waals surface area contributed by atoms with Crippen LogP contribution in [0.2, 0.25) is 0 Å². The van der Waals surface area contributed by atoms with E-state index in [0.29, 0.717) is 5.92 Å². The lowest BCUT2D eigenvalue weighted by atomic mass is 10.1. The quantitative estimate of drug-likeness (QED) is 0.765. The fourth-order valence-electron chi connectivity index (χ4n) is 1.97. The monoisotopic (exact) mass is 258 g/mol. The normalized spacial score (nSPS) is 11.6. The molecule has 92 valence electrons. The molecule has 0 aliphatic heterocycles. The van der Waals surface area contributed by atoms with Crippen LogP contribution in [0.25, 0.3) is 21.7 Å². The van der Waals surface area contributed by atoms with Crippen LogP contribution in [0, 0.1) is 6.92 Å². The minimum absolute atomic E-state index is 0.355. The molecule has 0 atom stereocenters. The van der Waals surface area contributed by atoms with Crippen LogP contribution in [-0.4, -0.2) is 19.6 Å². The van der Waals surface area contributed by atoms with E-state index in [0.717, 1.165) is 27.4 Å². The van der Waals surface area contributed by atoms with Crippen LogP contribution in [-0.2, 0) is 0 Å². The zero-order valence-corrected chi connectivity index (χ0v) is 11.4. The van der Waals surface area contributed by atoms with Gasteiger partial charge in [-0.05, 0) is 42.1 Å². The number of fused-ring (bicyclic) bond motifs is 1. The summed E-state index contributed by atoms with van der Waals surface area (Å²) in [5.74, 6) is 1.22. The number of imidazole rings is 1. The Morgan fingerprint density at radius 3 is 2.89 bits per heavy atom. The predicted octanol–water partition coefficient (Wildman–Crippen LogP) is 3.51. The molecule has 0 bridgehead atoms. The number of hydrogen-bond acceptors (Lipinski definition) is 4. The second-order valence-electron chi connectivity index (χ2n) is 4.75. The van der Waals surface area contributed by atoms with Gasteiger partial charge in [0.15, 0.2) is 5.82 Å². The van der Waals surface area contributed by atoms with Crippen molar-refractivity contribution in [1.29, 1.82) is 0 Å². The number of hydrogen-bond donors (Lipinski definition) is 1. The number of aromatic nitrogens is 4. The van der Waals surface area contributed by atoms with Crippen LogP contribution in [0.5, 0.6) is 0 Å². The highest BCUT2D eigenvalue weighted by Gasteiger charge is 2.16. The van der Waals surface area contributed by atoms with Crippen LogP contribution in [0.3, 0.4) is 0 Å². The van der Waals surface area contributed by atoms with E-state index in [9.17, 15) is 0 Å². The third-order valence-corrected chi connectivity index (χ3v) is 3.66. The van der Waals surface area contributed by atoms with Crippen LogP contribution < -0.4 is 0 Å². The summed E-state index contributed by atoms with van der Waals surface area (Å²) in [6.07, 6.45) is 0. The number of benzene rings is 1. The third-order valence-electron chi connectivity index (χ3n) is 2.91. The Labute approximate surface area is 109 Å². The van der Waals surface area contributed by atoms with Crippen LogP contribution in [0.1, 0.15) is 31.0 Å². The molecule has 0 saturated carbocycles. The second-order valence-corrected chi connectivity index (χ2v) is 5.50. The second kappa shape index (κ2) is 4.17. The summed E-state index contributed by atoms with van der Waals surface area (Å²) in [6, 6.07) is 6.21. The highest BCUT2D eigenvalue weighted by molar-refractivity contribution is 7.09. The molecule has 0 radical (unpaired) electrons. The largest absolute Gasteiger partial charge is 0.337 e. The summed E-state index contributed by atoms with van der Waals surface area (Å²) in [6.45, 7) is 6.31. The molecule has 3 aromatic rings. The topological polar surface area (TPSA) is 54.5 Å². The average Bonchev–Trinajstić information content (AvgIpc) is 2.93. The lowest BCUT2D eigenvalue weighted by molar-refractivity contribution is 0.813. The van der Waals surface area contributed by atoms with Gasteiger partial charge in [-0.15, -0.1) is 5.10 Å². The van der Waals surface area contributed by atoms with Gasteiger partial charge in [0.05, 0.1) is 16.7 Å². The van der Waals surface area contributed by atoms with Gasteiger partial charge in [-0.2, -0.15) is 0 Å². The zero-order valence-electron chi connectivity index (χ0n) is 10.6. The van der Waals surface area contributed by atoms with E-state index in [2.05, 4.69) is 52.5 Å². The van der Waals surface area contributed by atoms with Gasteiger partial charge in [0.25, 0.3) is 0 Å². The van der Waals surface area contributed by atoms with Crippen molar-refractivity contribution in [3.05, 3.63) is 29.5 Å². The van der Waals surface area contributed by atoms with E-state index in [1.165, 1.54) is 17.1 Å². The Balaban J connectivity index is 2.16. The summed E-state index contributed by atoms with van der Waals surface area (Å²) >= 11 is 1.40. The Kier molecular flexibility index (Phi) is 2.63. The molecule has 0 fully saturated rings. The molecule has 0 saturated heterocycles. The Hall–Kier alpha value is -1.75. The van der Waals surface area contributed by atoms with Gasteiger partial charge < -0.3 is 4.98 Å². The molecule has 0 aliphatic carbocycles. The fraction of sp³-hybridized carbons (Fsp3) is 0.308. The SMILES string of the molecule is Cc1ccc2nc(-c3snnc3C(C)C)[nH]c2c1. The fourth-order valence-corrected chi connectivity index (χ4v) is 2.73. The first-order valence-electron chi connectivity index (χ1n) is 5.94. The summed E-state index contributed by atoms with van der Waals surface area (Å²) in [5.41, 5.74) is 4.28. The summed E-state index contributed by atoms with van der Waals surface area (Å²) < 4.78 is 4.04. The van der Waals surface area contributed by atoms with Gasteiger partial charge in [0.2, 0.25) is 0 Å². The molecular weight excluding hydrogens is 244 g/mol. The standard InChI is InChI=1S/C13H14N4S/c1-7(2)11-12(18-17-16-11)13-14-9-5-4-8(3)6-10(9)15-13/h4-7H,1-3H3,(H,14,15). The van der Waals surface area contributed by atoms with E-state index >= 15 is 0 Å². The maximum atomic E-state index is 4.61. The maximum Gasteiger partial charge on any atom is 0.152 e. The molecule has 2 heterocycles. The van der Waals surface area contributed by atoms with Gasteiger partial charge in [-0.25, -0.2) is 4.98 Å². The molecular formula is C13H14N4S. The van der Waals surface area contributed by atoms with Crippen molar-refractivity contribution in [3.63, 3.8) is 0 Å². The first-order valence-corrected chi connectivity index (χ1v) is 6.71. The summed E-state index contributed by atoms with van der Waals surface area (Å²) in [4.78, 5) is 9.01. The molecule has 3 rings (SSSR count). The molecule has 2 aromatic heterocycles. The molecule has 1 aromatic carbocycles. The molecule has 0 amide bonds. The van der Waals surface area contributed by atoms with E-state index < -0.39 is 0 Å². The van der Waals surface area contributed by atoms with Gasteiger partial charge >= 0.3 is 0 Å². The molecule has 5 heteroatoms. The number of aryl methyl sites for hydroxylation is 1. The first kappa shape index (κ1) is 11.3. The number of H-pyrrole nitrogens is 1. The molecule has 1 N–H and O–H groups in total. The smallest absolute Gasteiger partial charge is 0.152 e. The van der Waals surface area contributed by atoms with Crippen LogP contribution >= 0.6 is 11.5 Å². The number of rotatable bonds is 2. The average molecular weight is 258 g/mol. The minimum atomic E-state index is 0.355. The van der Waals surface area contributed by atoms with Crippen molar-refractivity contribution in [1.82, 2.24) is 19.6 Å². The van der Waals surface area contributed by atoms with Crippen molar-refractivity contribution in [2.75, 3.05) is 0 Å². The van der Waals surface area contributed by atoms with Gasteiger partial charge in [-0.3, -0.25) is 0 Å². The molecule has 0 aliphatic rings. The lowest BCUT2D eigenvalue weighted by Gasteiger charge is -2.00. The number of nitrogens with zero attached hydrogens (tertiary/aromatic N) is 3. The minimum Gasteiger partial charge on any atom is -0.337 e. The maximum absolute atomic E-state index is 4.61. The van der Waals surface area contributed by atoms with Crippen LogP contribution in [0.4, 0.5) is 0 Å². The van der Waals surface area contributed by atoms with Crippen molar-refractivity contribution >= 4 is 22.6 Å². The summed E-state index contributed by atoms with van der Waals surface area (Å²) in [7, 11) is 0. The Morgan fingerprint density at radius 2 is 2.11 bits per heavy atom. The highest BCUT2D eigenvalue weighted by atomic mass is 32.1. The highest BCUT2D eigenvalue weighted by Crippen LogP contribution is 2.30. The Bertz CT molecular complexity index is 696. The first-order chi connectivity index (χ1) is 8.65. The van der Waals surface area contributed by atoms with Gasteiger partial charge in [-0.1, -0.05) is 24.4 Å². The zero-order chi connectivity index (χ0) is 12.7. The number of aromatic amines is 1. The van der Waals surface area contributed by atoms with Crippen molar-refractivity contribution < 1.29 is 0 Å². The predicted molar refractivity (Wildman–Crippen MR) is 73.8 cm³/mol. The third kappa shape index (κ3) is 1.80. The lowest BCUT2D eigenvalue weighted by Crippen LogP contribution is -1.91. The summed E-state index contributed by atoms with van der Waals surface area (Å²) in [5, 5.41) is 4.19. The molecule has 18 heavy (non-hydrogen) atoms. The van der Waals surface area contributed by atoms with E-state index in [1.807, 2.05) is 6.07 Å². The molecule has 0 spiro atoms. The molecule has 4 nitrogen and oxygen atoms in total. The van der Waals surface area contributed by atoms with Crippen molar-refractivity contribution in [3.8, 4) is 10.7 Å². The van der Waals surface area contributed by atoms with Crippen molar-refractivity contribution in [2.45, 2.75) is 26.7 Å². The van der Waals surface area contributed by atoms with Crippen LogP contribution in [0.15, 0.2) is 18.2 Å².